The highest BCUT2D eigenvalue weighted by molar-refractivity contribution is 5.75. The highest BCUT2D eigenvalue weighted by Gasteiger charge is 2.34. The minimum Gasteiger partial charge on any atom is -0.493 e. The van der Waals surface area contributed by atoms with E-state index in [-0.39, 0.29) is 24.7 Å². The van der Waals surface area contributed by atoms with E-state index in [1.807, 2.05) is 12.1 Å². The van der Waals surface area contributed by atoms with Gasteiger partial charge in [0.2, 0.25) is 5.91 Å². The van der Waals surface area contributed by atoms with E-state index in [0.29, 0.717) is 13.0 Å². The molecule has 0 bridgehead atoms. The number of amides is 1. The monoisotopic (exact) mass is 742 g/mol. The van der Waals surface area contributed by atoms with Crippen LogP contribution in [0.1, 0.15) is 149 Å². The standard InChI is InChI=1S/C46H66N2O6/c1-4-5-6-7-8-9-10-11-12-13-14-15-16-17-45(50)47-31-35-18-24-38(25-19-35)46-53-41(30-42(54-46)37-22-20-36(34-49)21-23-37)33-48-27-26-39-28-43(51-2)44(52-3)29-40(39)32-48/h18-25,28-29,41-42,46,49H,4-17,26-27,30-34H2,1-3H3,(H,47,50)/t41-,42+,46?/m0/s1. The zero-order valence-corrected chi connectivity index (χ0v) is 33.3. The van der Waals surface area contributed by atoms with Crippen LogP contribution in [-0.2, 0) is 40.4 Å². The number of hydrogen-bond acceptors (Lipinski definition) is 7. The predicted molar refractivity (Wildman–Crippen MR) is 216 cm³/mol. The van der Waals surface area contributed by atoms with Crippen molar-refractivity contribution in [1.82, 2.24) is 10.2 Å². The van der Waals surface area contributed by atoms with Crippen molar-refractivity contribution >= 4 is 5.91 Å². The molecule has 0 aromatic heterocycles. The zero-order valence-electron chi connectivity index (χ0n) is 33.3. The van der Waals surface area contributed by atoms with Gasteiger partial charge >= 0.3 is 0 Å². The molecule has 8 heteroatoms. The van der Waals surface area contributed by atoms with Gasteiger partial charge in [0, 0.05) is 44.6 Å². The third-order valence-electron chi connectivity index (χ3n) is 11.1. The summed E-state index contributed by atoms with van der Waals surface area (Å²) in [5, 5.41) is 12.7. The first kappa shape index (κ1) is 41.7. The fourth-order valence-corrected chi connectivity index (χ4v) is 7.80. The molecule has 2 aliphatic rings. The van der Waals surface area contributed by atoms with Gasteiger partial charge in [-0.15, -0.1) is 0 Å². The maximum absolute atomic E-state index is 12.6. The quantitative estimate of drug-likeness (QED) is 0.0936. The molecule has 3 aromatic carbocycles. The molecule has 0 spiro atoms. The van der Waals surface area contributed by atoms with Crippen molar-refractivity contribution < 1.29 is 28.8 Å². The Kier molecular flexibility index (Phi) is 17.6. The summed E-state index contributed by atoms with van der Waals surface area (Å²) in [6.07, 6.45) is 18.5. The van der Waals surface area contributed by atoms with Crippen LogP contribution in [0.25, 0.3) is 0 Å². The first-order chi connectivity index (χ1) is 26.5. The SMILES string of the molecule is CCCCCCCCCCCCCCCC(=O)NCc1ccc(C2O[C@H](CN3CCc4cc(OC)c(OC)cc4C3)C[C@H](c3ccc(CO)cc3)O2)cc1. The van der Waals surface area contributed by atoms with E-state index >= 15 is 0 Å². The summed E-state index contributed by atoms with van der Waals surface area (Å²) < 4.78 is 24.4. The molecule has 2 aliphatic heterocycles. The molecule has 3 atom stereocenters. The van der Waals surface area contributed by atoms with Crippen molar-refractivity contribution in [3.8, 4) is 11.5 Å². The Balaban J connectivity index is 1.08. The second kappa shape index (κ2) is 22.8. The number of aliphatic hydroxyl groups is 1. The number of fused-ring (bicyclic) bond motifs is 1. The van der Waals surface area contributed by atoms with Crippen LogP contribution >= 0.6 is 0 Å². The van der Waals surface area contributed by atoms with E-state index in [9.17, 15) is 9.90 Å². The van der Waals surface area contributed by atoms with Crippen LogP contribution in [0.4, 0.5) is 0 Å². The van der Waals surface area contributed by atoms with E-state index in [0.717, 1.165) is 79.1 Å². The maximum atomic E-state index is 12.6. The van der Waals surface area contributed by atoms with Crippen molar-refractivity contribution in [2.75, 3.05) is 27.3 Å². The normalized spacial score (nSPS) is 18.6. The first-order valence-electron chi connectivity index (χ1n) is 20.8. The number of methoxy groups -OCH3 is 2. The molecule has 296 valence electrons. The molecular formula is C46H66N2O6. The molecule has 1 amide bonds. The van der Waals surface area contributed by atoms with Crippen LogP contribution in [0.5, 0.6) is 11.5 Å². The minimum atomic E-state index is -0.521. The molecule has 1 unspecified atom stereocenters. The van der Waals surface area contributed by atoms with Gasteiger partial charge in [-0.3, -0.25) is 9.69 Å². The van der Waals surface area contributed by atoms with E-state index < -0.39 is 6.29 Å². The average Bonchev–Trinajstić information content (AvgIpc) is 3.21. The van der Waals surface area contributed by atoms with Crippen LogP contribution in [0, 0.1) is 0 Å². The van der Waals surface area contributed by atoms with Crippen LogP contribution in [0.3, 0.4) is 0 Å². The van der Waals surface area contributed by atoms with Crippen LogP contribution < -0.4 is 14.8 Å². The Morgan fingerprint density at radius 2 is 1.33 bits per heavy atom. The molecule has 1 saturated heterocycles. The van der Waals surface area contributed by atoms with Gasteiger partial charge < -0.3 is 29.4 Å². The molecule has 54 heavy (non-hydrogen) atoms. The summed E-state index contributed by atoms with van der Waals surface area (Å²) in [5.41, 5.74) is 6.52. The van der Waals surface area contributed by atoms with Gasteiger partial charge in [-0.25, -0.2) is 0 Å². The predicted octanol–water partition coefficient (Wildman–Crippen LogP) is 9.90. The number of nitrogens with zero attached hydrogens (tertiary/aromatic N) is 1. The number of benzene rings is 3. The number of hydrogen-bond donors (Lipinski definition) is 2. The highest BCUT2D eigenvalue weighted by Crippen LogP contribution is 2.39. The second-order valence-corrected chi connectivity index (χ2v) is 15.3. The van der Waals surface area contributed by atoms with E-state index in [4.69, 9.17) is 18.9 Å². The number of unbranched alkanes of at least 4 members (excludes halogenated alkanes) is 12. The lowest BCUT2D eigenvalue weighted by atomic mass is 9.97. The van der Waals surface area contributed by atoms with Gasteiger partial charge in [0.15, 0.2) is 17.8 Å². The lowest BCUT2D eigenvalue weighted by Crippen LogP contribution is -2.41. The summed E-state index contributed by atoms with van der Waals surface area (Å²) in [4.78, 5) is 15.0. The first-order valence-corrected chi connectivity index (χ1v) is 20.8. The molecule has 1 fully saturated rings. The van der Waals surface area contributed by atoms with E-state index in [2.05, 4.69) is 65.7 Å². The van der Waals surface area contributed by atoms with Gasteiger partial charge in [-0.2, -0.15) is 0 Å². The van der Waals surface area contributed by atoms with E-state index in [1.165, 1.54) is 81.8 Å². The summed E-state index contributed by atoms with van der Waals surface area (Å²) in [6, 6.07) is 20.5. The van der Waals surface area contributed by atoms with Crippen molar-refractivity contribution in [1.29, 1.82) is 0 Å². The number of rotatable bonds is 23. The second-order valence-electron chi connectivity index (χ2n) is 15.3. The Bertz CT molecular complexity index is 1530. The Morgan fingerprint density at radius 3 is 1.94 bits per heavy atom. The summed E-state index contributed by atoms with van der Waals surface area (Å²) in [6.45, 7) is 5.33. The number of aliphatic hydroxyl groups excluding tert-OH is 1. The smallest absolute Gasteiger partial charge is 0.220 e. The van der Waals surface area contributed by atoms with Gasteiger partial charge in [0.05, 0.1) is 33.0 Å². The molecule has 5 rings (SSSR count). The Morgan fingerprint density at radius 1 is 0.759 bits per heavy atom. The van der Waals surface area contributed by atoms with Crippen molar-refractivity contribution in [2.24, 2.45) is 0 Å². The summed E-state index contributed by atoms with van der Waals surface area (Å²) in [7, 11) is 3.36. The van der Waals surface area contributed by atoms with Crippen molar-refractivity contribution in [3.05, 3.63) is 94.0 Å². The molecule has 3 aromatic rings. The fourth-order valence-electron chi connectivity index (χ4n) is 7.80. The molecule has 8 nitrogen and oxygen atoms in total. The number of carbonyl (C=O) groups is 1. The fraction of sp³-hybridized carbons (Fsp3) is 0.587. The molecular weight excluding hydrogens is 677 g/mol. The maximum Gasteiger partial charge on any atom is 0.220 e. The Hall–Kier alpha value is -3.43. The molecule has 2 heterocycles. The lowest BCUT2D eigenvalue weighted by Gasteiger charge is -2.39. The Labute approximate surface area is 324 Å². The highest BCUT2D eigenvalue weighted by atomic mass is 16.7. The number of carbonyl (C=O) groups excluding carboxylic acids is 1. The molecule has 2 N–H and O–H groups in total. The summed E-state index contributed by atoms with van der Waals surface area (Å²) in [5.74, 6) is 1.65. The van der Waals surface area contributed by atoms with Crippen molar-refractivity contribution in [3.63, 3.8) is 0 Å². The van der Waals surface area contributed by atoms with Gasteiger partial charge in [-0.05, 0) is 52.8 Å². The molecule has 0 radical (unpaired) electrons. The number of ether oxygens (including phenoxy) is 4. The van der Waals surface area contributed by atoms with Gasteiger partial charge in [0.25, 0.3) is 0 Å². The zero-order chi connectivity index (χ0) is 38.0. The van der Waals surface area contributed by atoms with Gasteiger partial charge in [-0.1, -0.05) is 133 Å². The molecule has 0 aliphatic carbocycles. The third kappa shape index (κ3) is 13.1. The molecule has 0 saturated carbocycles. The lowest BCUT2D eigenvalue weighted by molar-refractivity contribution is -0.253. The van der Waals surface area contributed by atoms with Crippen LogP contribution in [0.2, 0.25) is 0 Å². The third-order valence-corrected chi connectivity index (χ3v) is 11.1. The summed E-state index contributed by atoms with van der Waals surface area (Å²) >= 11 is 0. The minimum absolute atomic E-state index is 0.0134. The topological polar surface area (TPSA) is 89.5 Å². The van der Waals surface area contributed by atoms with Crippen LogP contribution in [-0.4, -0.2) is 49.3 Å². The number of nitrogens with one attached hydrogen (secondary N) is 1. The van der Waals surface area contributed by atoms with E-state index in [1.54, 1.807) is 14.2 Å². The van der Waals surface area contributed by atoms with Crippen molar-refractivity contribution in [2.45, 2.75) is 148 Å². The van der Waals surface area contributed by atoms with Gasteiger partial charge in [0.1, 0.15) is 0 Å². The average molecular weight is 743 g/mol. The largest absolute Gasteiger partial charge is 0.493 e. The van der Waals surface area contributed by atoms with Crippen LogP contribution in [0.15, 0.2) is 60.7 Å².